The summed E-state index contributed by atoms with van der Waals surface area (Å²) in [6, 6.07) is 2.56. The van der Waals surface area contributed by atoms with Gasteiger partial charge in [0.05, 0.1) is 11.8 Å². The highest BCUT2D eigenvalue weighted by Gasteiger charge is 2.24. The van der Waals surface area contributed by atoms with Crippen molar-refractivity contribution in [3.8, 4) is 0 Å². The molecular formula is C14H18N6O. The summed E-state index contributed by atoms with van der Waals surface area (Å²) >= 11 is 0. The fraction of sp³-hybridized carbons (Fsp3) is 0.500. The number of nitrogens with one attached hydrogen (secondary N) is 2. The molecule has 1 saturated carbocycles. The Bertz CT molecular complexity index is 671. The lowest BCUT2D eigenvalue weighted by Crippen LogP contribution is -2.44. The van der Waals surface area contributed by atoms with Gasteiger partial charge in [0.1, 0.15) is 11.6 Å². The van der Waals surface area contributed by atoms with Crippen LogP contribution in [-0.2, 0) is 0 Å². The van der Waals surface area contributed by atoms with Crippen molar-refractivity contribution >= 4 is 23.6 Å². The van der Waals surface area contributed by atoms with Crippen molar-refractivity contribution in [3.05, 3.63) is 17.8 Å². The van der Waals surface area contributed by atoms with E-state index < -0.39 is 0 Å². The average molecular weight is 286 g/mol. The summed E-state index contributed by atoms with van der Waals surface area (Å²) in [6.07, 6.45) is 4.77. The summed E-state index contributed by atoms with van der Waals surface area (Å²) in [4.78, 5) is 18.1. The number of anilines is 2. The molecule has 2 aromatic heterocycles. The molecule has 0 aromatic carbocycles. The number of aromatic nitrogens is 3. The molecular weight excluding hydrogens is 268 g/mol. The van der Waals surface area contributed by atoms with Gasteiger partial charge in [-0.2, -0.15) is 9.61 Å². The first-order valence-electron chi connectivity index (χ1n) is 7.41. The van der Waals surface area contributed by atoms with E-state index in [1.165, 1.54) is 12.8 Å². The number of carbonyl (C=O) groups excluding carboxylic acids is 1. The lowest BCUT2D eigenvalue weighted by Gasteiger charge is -2.28. The molecule has 110 valence electrons. The Balaban J connectivity index is 1.79. The molecule has 2 N–H and O–H groups in total. The highest BCUT2D eigenvalue weighted by Crippen LogP contribution is 2.27. The van der Waals surface area contributed by atoms with Crippen LogP contribution in [0.15, 0.2) is 12.3 Å². The fourth-order valence-corrected chi connectivity index (χ4v) is 2.65. The predicted octanol–water partition coefficient (Wildman–Crippen LogP) is 0.526. The zero-order chi connectivity index (χ0) is 14.2. The second-order valence-corrected chi connectivity index (χ2v) is 5.61. The summed E-state index contributed by atoms with van der Waals surface area (Å²) < 4.78 is 1.73. The van der Waals surface area contributed by atoms with Gasteiger partial charge in [-0.05, 0) is 12.8 Å². The van der Waals surface area contributed by atoms with Crippen molar-refractivity contribution in [2.24, 2.45) is 0 Å². The maximum atomic E-state index is 11.2. The van der Waals surface area contributed by atoms with Crippen molar-refractivity contribution in [1.82, 2.24) is 19.9 Å². The van der Waals surface area contributed by atoms with Gasteiger partial charge in [0.25, 0.3) is 0 Å². The Morgan fingerprint density at radius 1 is 1.33 bits per heavy atom. The van der Waals surface area contributed by atoms with E-state index in [9.17, 15) is 4.79 Å². The van der Waals surface area contributed by atoms with Gasteiger partial charge in [0.15, 0.2) is 11.9 Å². The second kappa shape index (κ2) is 5.00. The Morgan fingerprint density at radius 2 is 2.14 bits per heavy atom. The molecule has 21 heavy (non-hydrogen) atoms. The van der Waals surface area contributed by atoms with Gasteiger partial charge < -0.3 is 15.5 Å². The van der Waals surface area contributed by atoms with Crippen LogP contribution < -0.4 is 15.5 Å². The number of piperazine rings is 1. The van der Waals surface area contributed by atoms with Gasteiger partial charge >= 0.3 is 0 Å². The molecule has 1 aliphatic carbocycles. The van der Waals surface area contributed by atoms with Crippen LogP contribution in [0.25, 0.3) is 5.65 Å². The molecule has 3 heterocycles. The van der Waals surface area contributed by atoms with Crippen molar-refractivity contribution in [2.45, 2.75) is 18.9 Å². The molecule has 2 aliphatic rings. The Labute approximate surface area is 122 Å². The molecule has 1 saturated heterocycles. The third-order valence-corrected chi connectivity index (χ3v) is 3.98. The van der Waals surface area contributed by atoms with Gasteiger partial charge in [-0.1, -0.05) is 0 Å². The summed E-state index contributed by atoms with van der Waals surface area (Å²) in [5.74, 6) is 1.83. The SMILES string of the molecule is O=Cc1cnn2c(NC3CC3)cc(N3CCNCC3)nc12. The highest BCUT2D eigenvalue weighted by molar-refractivity contribution is 5.85. The third kappa shape index (κ3) is 2.33. The average Bonchev–Trinajstić information content (AvgIpc) is 3.24. The Morgan fingerprint density at radius 3 is 2.86 bits per heavy atom. The van der Waals surface area contributed by atoms with E-state index in [1.807, 2.05) is 6.07 Å². The maximum absolute atomic E-state index is 11.2. The van der Waals surface area contributed by atoms with Crippen LogP contribution in [-0.4, -0.2) is 53.1 Å². The Kier molecular flexibility index (Phi) is 2.99. The maximum Gasteiger partial charge on any atom is 0.170 e. The molecule has 0 spiro atoms. The minimum absolute atomic E-state index is 0.523. The number of nitrogens with zero attached hydrogens (tertiary/aromatic N) is 4. The van der Waals surface area contributed by atoms with E-state index in [0.29, 0.717) is 17.3 Å². The number of carbonyl (C=O) groups is 1. The van der Waals surface area contributed by atoms with Gasteiger partial charge in [0.2, 0.25) is 0 Å². The Hall–Kier alpha value is -2.15. The molecule has 0 bridgehead atoms. The number of rotatable bonds is 4. The zero-order valence-corrected chi connectivity index (χ0v) is 11.7. The van der Waals surface area contributed by atoms with E-state index >= 15 is 0 Å². The number of hydrogen-bond donors (Lipinski definition) is 2. The van der Waals surface area contributed by atoms with Crippen LogP contribution in [0.4, 0.5) is 11.6 Å². The van der Waals surface area contributed by atoms with Crippen molar-refractivity contribution < 1.29 is 4.79 Å². The molecule has 2 fully saturated rings. The van der Waals surface area contributed by atoms with Crippen molar-refractivity contribution in [1.29, 1.82) is 0 Å². The topological polar surface area (TPSA) is 74.6 Å². The zero-order valence-electron chi connectivity index (χ0n) is 11.7. The quantitative estimate of drug-likeness (QED) is 0.799. The van der Waals surface area contributed by atoms with Crippen LogP contribution in [0.1, 0.15) is 23.2 Å². The lowest BCUT2D eigenvalue weighted by atomic mass is 10.3. The summed E-state index contributed by atoms with van der Waals surface area (Å²) in [5, 5.41) is 11.1. The monoisotopic (exact) mass is 286 g/mol. The molecule has 0 unspecified atom stereocenters. The van der Waals surface area contributed by atoms with E-state index in [0.717, 1.165) is 44.1 Å². The molecule has 1 aliphatic heterocycles. The molecule has 7 nitrogen and oxygen atoms in total. The van der Waals surface area contributed by atoms with Gasteiger partial charge in [-0.25, -0.2) is 4.98 Å². The predicted molar refractivity (Wildman–Crippen MR) is 80.1 cm³/mol. The third-order valence-electron chi connectivity index (χ3n) is 3.98. The van der Waals surface area contributed by atoms with Crippen LogP contribution in [0.3, 0.4) is 0 Å². The number of fused-ring (bicyclic) bond motifs is 1. The van der Waals surface area contributed by atoms with Crippen LogP contribution in [0.5, 0.6) is 0 Å². The first-order chi connectivity index (χ1) is 10.3. The van der Waals surface area contributed by atoms with E-state index in [-0.39, 0.29) is 0 Å². The van der Waals surface area contributed by atoms with E-state index in [4.69, 9.17) is 0 Å². The van der Waals surface area contributed by atoms with E-state index in [2.05, 4.69) is 25.6 Å². The van der Waals surface area contributed by atoms with Crippen LogP contribution in [0, 0.1) is 0 Å². The fourth-order valence-electron chi connectivity index (χ4n) is 2.65. The van der Waals surface area contributed by atoms with Gasteiger partial charge in [0, 0.05) is 38.3 Å². The summed E-state index contributed by atoms with van der Waals surface area (Å²) in [7, 11) is 0. The molecule has 0 amide bonds. The first kappa shape index (κ1) is 12.6. The smallest absolute Gasteiger partial charge is 0.170 e. The molecule has 0 radical (unpaired) electrons. The highest BCUT2D eigenvalue weighted by atomic mass is 16.1. The number of hydrogen-bond acceptors (Lipinski definition) is 6. The molecule has 4 rings (SSSR count). The van der Waals surface area contributed by atoms with Crippen LogP contribution >= 0.6 is 0 Å². The van der Waals surface area contributed by atoms with Crippen molar-refractivity contribution in [2.75, 3.05) is 36.4 Å². The summed E-state index contributed by atoms with van der Waals surface area (Å²) in [5.41, 5.74) is 1.16. The second-order valence-electron chi connectivity index (χ2n) is 5.61. The minimum atomic E-state index is 0.523. The lowest BCUT2D eigenvalue weighted by molar-refractivity contribution is 0.112. The molecule has 0 atom stereocenters. The van der Waals surface area contributed by atoms with Gasteiger partial charge in [-0.15, -0.1) is 0 Å². The standard InChI is InChI=1S/C14H18N6O/c21-9-10-8-16-20-13(17-11-1-2-11)7-12(18-14(10)20)19-5-3-15-4-6-19/h7-9,11,15,17H,1-6H2. The minimum Gasteiger partial charge on any atom is -0.367 e. The molecule has 7 heteroatoms. The largest absolute Gasteiger partial charge is 0.367 e. The molecule has 2 aromatic rings. The number of aldehydes is 1. The van der Waals surface area contributed by atoms with Gasteiger partial charge in [-0.3, -0.25) is 4.79 Å². The van der Waals surface area contributed by atoms with Crippen LogP contribution in [0.2, 0.25) is 0 Å². The normalized spacial score (nSPS) is 19.0. The first-order valence-corrected chi connectivity index (χ1v) is 7.41. The summed E-state index contributed by atoms with van der Waals surface area (Å²) in [6.45, 7) is 3.77. The van der Waals surface area contributed by atoms with E-state index in [1.54, 1.807) is 10.7 Å². The van der Waals surface area contributed by atoms with Crippen molar-refractivity contribution in [3.63, 3.8) is 0 Å².